The smallest absolute Gasteiger partial charge is 0.269 e. The molecule has 3 rings (SSSR count). The van der Waals surface area contributed by atoms with E-state index in [4.69, 9.17) is 13.1 Å². The number of nitrogens with zero attached hydrogens (tertiary/aromatic N) is 8. The molecule has 8 nitrogen and oxygen atoms in total. The average molecular weight is 366 g/mol. The van der Waals surface area contributed by atoms with Crippen LogP contribution >= 0.6 is 0 Å². The first-order chi connectivity index (χ1) is 13.4. The molecule has 0 spiro atoms. The van der Waals surface area contributed by atoms with Crippen LogP contribution in [0.25, 0.3) is 20.8 Å². The number of aliphatic imine (C=N–C) groups is 2. The van der Waals surface area contributed by atoms with Crippen LogP contribution < -0.4 is 0 Å². The van der Waals surface area contributed by atoms with Gasteiger partial charge in [-0.05, 0) is 27.7 Å². The zero-order chi connectivity index (χ0) is 20.6. The molecule has 134 valence electrons. The summed E-state index contributed by atoms with van der Waals surface area (Å²) >= 11 is 0. The van der Waals surface area contributed by atoms with Gasteiger partial charge in [0.15, 0.2) is 0 Å². The summed E-state index contributed by atoms with van der Waals surface area (Å²) in [5.41, 5.74) is 3.64. The standard InChI is InChI=1S/C20H14N8/c1-9-10(2)26-18-16(14(8-22)24-6)20-19(27-11(3)12(4)28-20)15(17(18)25-9)13(7-21)23-5/h17-18H,1-4H3/b15-13+,16-14+. The summed E-state index contributed by atoms with van der Waals surface area (Å²) in [5, 5.41) is 19.1. The minimum absolute atomic E-state index is 0.138. The van der Waals surface area contributed by atoms with Gasteiger partial charge in [-0.25, -0.2) is 20.2 Å². The van der Waals surface area contributed by atoms with Gasteiger partial charge in [-0.2, -0.15) is 0 Å². The van der Waals surface area contributed by atoms with Crippen molar-refractivity contribution in [2.24, 2.45) is 9.98 Å². The van der Waals surface area contributed by atoms with Gasteiger partial charge >= 0.3 is 0 Å². The molecular weight excluding hydrogens is 352 g/mol. The van der Waals surface area contributed by atoms with Gasteiger partial charge in [0.25, 0.3) is 11.4 Å². The Kier molecular flexibility index (Phi) is 4.58. The van der Waals surface area contributed by atoms with Crippen LogP contribution in [0, 0.1) is 49.7 Å². The van der Waals surface area contributed by atoms with Crippen molar-refractivity contribution in [3.63, 3.8) is 0 Å². The highest BCUT2D eigenvalue weighted by atomic mass is 15.0. The second kappa shape index (κ2) is 6.88. The number of allylic oxidation sites excluding steroid dienone is 2. The first-order valence-corrected chi connectivity index (χ1v) is 8.36. The molecule has 0 saturated carbocycles. The van der Waals surface area contributed by atoms with Gasteiger partial charge in [-0.1, -0.05) is 0 Å². The Morgan fingerprint density at radius 2 is 1.14 bits per heavy atom. The highest BCUT2D eigenvalue weighted by Crippen LogP contribution is 2.44. The molecule has 0 saturated heterocycles. The van der Waals surface area contributed by atoms with Crippen molar-refractivity contribution in [3.05, 3.63) is 57.0 Å². The summed E-state index contributed by atoms with van der Waals surface area (Å²) in [7, 11) is 0. The van der Waals surface area contributed by atoms with Crippen LogP contribution in [0.4, 0.5) is 0 Å². The normalized spacial score (nSPS) is 23.4. The molecule has 28 heavy (non-hydrogen) atoms. The lowest BCUT2D eigenvalue weighted by Gasteiger charge is -2.35. The third-order valence-electron chi connectivity index (χ3n) is 4.84. The van der Waals surface area contributed by atoms with E-state index in [1.807, 2.05) is 12.1 Å². The monoisotopic (exact) mass is 366 g/mol. The highest BCUT2D eigenvalue weighted by Gasteiger charge is 2.43. The van der Waals surface area contributed by atoms with Crippen LogP contribution in [-0.2, 0) is 0 Å². The Labute approximate surface area is 162 Å². The van der Waals surface area contributed by atoms with Gasteiger partial charge in [0, 0.05) is 11.1 Å². The minimum atomic E-state index is -0.712. The predicted octanol–water partition coefficient (Wildman–Crippen LogP) is 3.09. The van der Waals surface area contributed by atoms with Gasteiger partial charge in [-0.15, -0.1) is 0 Å². The van der Waals surface area contributed by atoms with Gasteiger partial charge in [0.2, 0.25) is 0 Å². The fourth-order valence-corrected chi connectivity index (χ4v) is 3.24. The van der Waals surface area contributed by atoms with Gasteiger partial charge in [-0.3, -0.25) is 20.0 Å². The number of rotatable bonds is 0. The molecular formula is C20H14N8. The van der Waals surface area contributed by atoms with E-state index in [2.05, 4.69) is 29.6 Å². The largest absolute Gasteiger partial charge is 0.279 e. The fourth-order valence-electron chi connectivity index (χ4n) is 3.24. The van der Waals surface area contributed by atoms with Crippen molar-refractivity contribution in [1.82, 2.24) is 9.97 Å². The first kappa shape index (κ1) is 18.6. The molecule has 0 amide bonds. The molecule has 0 fully saturated rings. The maximum absolute atomic E-state index is 9.54. The Balaban J connectivity index is 2.56. The SMILES string of the molecule is [C-]#[N+]/C(C#N)=C1/c2nc(C)c(C)nc2/C(=C(\C#N)[N+]#[C-])C2N=C(C)C(C)=NC12. The van der Waals surface area contributed by atoms with Crippen molar-refractivity contribution < 1.29 is 0 Å². The maximum Gasteiger partial charge on any atom is 0.269 e. The summed E-state index contributed by atoms with van der Waals surface area (Å²) in [4.78, 5) is 25.2. The quantitative estimate of drug-likeness (QED) is 0.519. The Hall–Kier alpha value is -4.14. The lowest BCUT2D eigenvalue weighted by molar-refractivity contribution is 0.703. The third-order valence-corrected chi connectivity index (χ3v) is 4.84. The maximum atomic E-state index is 9.54. The van der Waals surface area contributed by atoms with E-state index >= 15 is 0 Å². The van der Waals surface area contributed by atoms with Crippen LogP contribution in [0.15, 0.2) is 21.4 Å². The van der Waals surface area contributed by atoms with Gasteiger partial charge < -0.3 is 0 Å². The van der Waals surface area contributed by atoms with Crippen molar-refractivity contribution >= 4 is 22.6 Å². The highest BCUT2D eigenvalue weighted by molar-refractivity contribution is 6.41. The average Bonchev–Trinajstić information content (AvgIpc) is 2.68. The van der Waals surface area contributed by atoms with Crippen molar-refractivity contribution in [3.8, 4) is 12.1 Å². The lowest BCUT2D eigenvalue weighted by Crippen LogP contribution is -2.38. The van der Waals surface area contributed by atoms with Crippen molar-refractivity contribution in [2.45, 2.75) is 39.8 Å². The van der Waals surface area contributed by atoms with Crippen LogP contribution in [0.5, 0.6) is 0 Å². The Morgan fingerprint density at radius 1 is 0.786 bits per heavy atom. The molecule has 1 aliphatic carbocycles. The van der Waals surface area contributed by atoms with E-state index in [9.17, 15) is 10.5 Å². The zero-order valence-corrected chi connectivity index (χ0v) is 15.7. The number of aryl methyl sites for hydroxylation is 2. The Bertz CT molecular complexity index is 1070. The topological polar surface area (TPSA) is 107 Å². The summed E-state index contributed by atoms with van der Waals surface area (Å²) in [5.74, 6) is 0. The van der Waals surface area contributed by atoms with Gasteiger partial charge in [0.1, 0.15) is 0 Å². The molecule has 0 radical (unpaired) electrons. The molecule has 2 atom stereocenters. The first-order valence-electron chi connectivity index (χ1n) is 8.36. The van der Waals surface area contributed by atoms with E-state index in [0.29, 0.717) is 45.3 Å². The third kappa shape index (κ3) is 2.65. The Morgan fingerprint density at radius 3 is 1.43 bits per heavy atom. The molecule has 0 N–H and O–H groups in total. The molecule has 2 aliphatic rings. The molecule has 0 aromatic carbocycles. The molecule has 1 aliphatic heterocycles. The predicted molar refractivity (Wildman–Crippen MR) is 104 cm³/mol. The van der Waals surface area contributed by atoms with E-state index in [0.717, 1.165) is 0 Å². The van der Waals surface area contributed by atoms with Crippen molar-refractivity contribution in [2.75, 3.05) is 0 Å². The molecule has 2 heterocycles. The molecule has 0 bridgehead atoms. The second-order valence-corrected chi connectivity index (χ2v) is 6.38. The summed E-state index contributed by atoms with van der Waals surface area (Å²) in [6.45, 7) is 22.0. The summed E-state index contributed by atoms with van der Waals surface area (Å²) < 4.78 is 0. The second-order valence-electron chi connectivity index (χ2n) is 6.38. The molecule has 1 aromatic rings. The van der Waals surface area contributed by atoms with Crippen LogP contribution in [-0.4, -0.2) is 33.5 Å². The number of nitriles is 2. The lowest BCUT2D eigenvalue weighted by atomic mass is 9.79. The summed E-state index contributed by atoms with van der Waals surface area (Å²) in [6.07, 6.45) is 0. The van der Waals surface area contributed by atoms with Crippen LogP contribution in [0.1, 0.15) is 36.6 Å². The number of fused-ring (bicyclic) bond motifs is 2. The van der Waals surface area contributed by atoms with E-state index < -0.39 is 12.1 Å². The van der Waals surface area contributed by atoms with E-state index in [-0.39, 0.29) is 11.4 Å². The molecule has 1 aromatic heterocycles. The van der Waals surface area contributed by atoms with E-state index in [1.54, 1.807) is 27.7 Å². The van der Waals surface area contributed by atoms with Crippen LogP contribution in [0.3, 0.4) is 0 Å². The number of aromatic nitrogens is 2. The summed E-state index contributed by atoms with van der Waals surface area (Å²) in [6, 6.07) is 2.43. The van der Waals surface area contributed by atoms with Gasteiger partial charge in [0.05, 0.1) is 71.6 Å². The van der Waals surface area contributed by atoms with Crippen molar-refractivity contribution in [1.29, 1.82) is 10.5 Å². The zero-order valence-electron chi connectivity index (χ0n) is 15.7. The number of hydrogen-bond acceptors (Lipinski definition) is 6. The minimum Gasteiger partial charge on any atom is -0.279 e. The van der Waals surface area contributed by atoms with E-state index in [1.165, 1.54) is 0 Å². The number of hydrogen-bond donors (Lipinski definition) is 0. The molecule has 8 heteroatoms. The molecule has 2 unspecified atom stereocenters. The fraction of sp³-hybridized carbons (Fsp3) is 0.300. The van der Waals surface area contributed by atoms with Crippen LogP contribution in [0.2, 0.25) is 0 Å².